The maximum absolute atomic E-state index is 2.43. The first-order valence-corrected chi connectivity index (χ1v) is 16.5. The van der Waals surface area contributed by atoms with Gasteiger partial charge < -0.3 is 4.57 Å². The second-order valence-corrected chi connectivity index (χ2v) is 12.4. The van der Waals surface area contributed by atoms with Gasteiger partial charge in [-0.05, 0) is 97.2 Å². The predicted molar refractivity (Wildman–Crippen MR) is 201 cm³/mol. The van der Waals surface area contributed by atoms with Crippen molar-refractivity contribution in [2.24, 2.45) is 0 Å². The number of hydrogen-bond acceptors (Lipinski definition) is 0. The van der Waals surface area contributed by atoms with Crippen molar-refractivity contribution >= 4 is 43.4 Å². The molecule has 0 spiro atoms. The maximum atomic E-state index is 2.43. The third-order valence-corrected chi connectivity index (χ3v) is 9.75. The van der Waals surface area contributed by atoms with Crippen LogP contribution in [0.4, 0.5) is 0 Å². The molecular formula is C46H33N. The highest BCUT2D eigenvalue weighted by atomic mass is 15.0. The van der Waals surface area contributed by atoms with Crippen LogP contribution in [0.1, 0.15) is 12.5 Å². The standard InChI is InChI=1S/C46H33N/c1-2-31-21-27-38-37-17-11-12-20-43(37)47(44(38)29-31)36-25-22-34(23-26-36)45-39-18-9-10-19-40(39)46(33-15-7-4-8-16-33)42-30-35(24-28-41(42)45)32-13-5-3-6-14-32/h3-30H,2H2,1H3. The highest BCUT2D eigenvalue weighted by Gasteiger charge is 2.18. The minimum absolute atomic E-state index is 1.02. The number of nitrogens with zero attached hydrogens (tertiary/aromatic N) is 1. The molecular weight excluding hydrogens is 567 g/mol. The Kier molecular flexibility index (Phi) is 6.50. The van der Waals surface area contributed by atoms with Crippen LogP contribution in [0.15, 0.2) is 170 Å². The van der Waals surface area contributed by atoms with Crippen LogP contribution in [-0.4, -0.2) is 4.57 Å². The molecule has 222 valence electrons. The Morgan fingerprint density at radius 3 is 1.57 bits per heavy atom. The van der Waals surface area contributed by atoms with E-state index in [0.29, 0.717) is 0 Å². The Morgan fingerprint density at radius 2 is 0.872 bits per heavy atom. The average Bonchev–Trinajstić information content (AvgIpc) is 3.48. The molecule has 1 heteroatoms. The molecule has 0 amide bonds. The Morgan fingerprint density at radius 1 is 0.362 bits per heavy atom. The van der Waals surface area contributed by atoms with Crippen molar-refractivity contribution in [3.8, 4) is 39.1 Å². The van der Waals surface area contributed by atoms with Gasteiger partial charge in [0, 0.05) is 16.5 Å². The number of aryl methyl sites for hydroxylation is 1. The van der Waals surface area contributed by atoms with E-state index in [9.17, 15) is 0 Å². The van der Waals surface area contributed by atoms with Crippen LogP contribution in [0, 0.1) is 0 Å². The second-order valence-electron chi connectivity index (χ2n) is 12.4. The molecule has 0 aliphatic rings. The summed E-state index contributed by atoms with van der Waals surface area (Å²) in [6.45, 7) is 2.23. The van der Waals surface area contributed by atoms with E-state index < -0.39 is 0 Å². The number of rotatable bonds is 5. The van der Waals surface area contributed by atoms with Crippen molar-refractivity contribution in [2.45, 2.75) is 13.3 Å². The SMILES string of the molecule is CCc1ccc2c3ccccc3n(-c3ccc(-c4c5ccccc5c(-c5ccccc5)c5cc(-c6ccccc6)ccc45)cc3)c2c1. The molecule has 0 atom stereocenters. The van der Waals surface area contributed by atoms with Crippen molar-refractivity contribution in [1.82, 2.24) is 4.57 Å². The molecule has 1 aromatic heterocycles. The summed E-state index contributed by atoms with van der Waals surface area (Å²) in [6.07, 6.45) is 1.02. The summed E-state index contributed by atoms with van der Waals surface area (Å²) in [7, 11) is 0. The first kappa shape index (κ1) is 27.4. The molecule has 0 saturated heterocycles. The van der Waals surface area contributed by atoms with Crippen LogP contribution in [-0.2, 0) is 6.42 Å². The Bertz CT molecular complexity index is 2570. The van der Waals surface area contributed by atoms with Crippen LogP contribution in [0.3, 0.4) is 0 Å². The lowest BCUT2D eigenvalue weighted by Gasteiger charge is -2.19. The fourth-order valence-electron chi connectivity index (χ4n) is 7.51. The molecule has 47 heavy (non-hydrogen) atoms. The van der Waals surface area contributed by atoms with E-state index in [2.05, 4.69) is 181 Å². The Balaban J connectivity index is 1.30. The topological polar surface area (TPSA) is 4.93 Å². The van der Waals surface area contributed by atoms with Crippen molar-refractivity contribution in [3.63, 3.8) is 0 Å². The average molecular weight is 600 g/mol. The van der Waals surface area contributed by atoms with E-state index in [-0.39, 0.29) is 0 Å². The number of hydrogen-bond donors (Lipinski definition) is 0. The fourth-order valence-corrected chi connectivity index (χ4v) is 7.51. The smallest absolute Gasteiger partial charge is 0.0543 e. The molecule has 9 rings (SSSR count). The van der Waals surface area contributed by atoms with Crippen LogP contribution < -0.4 is 0 Å². The van der Waals surface area contributed by atoms with Gasteiger partial charge in [-0.3, -0.25) is 0 Å². The van der Waals surface area contributed by atoms with E-state index in [0.717, 1.165) is 6.42 Å². The number of para-hydroxylation sites is 1. The van der Waals surface area contributed by atoms with Gasteiger partial charge in [-0.15, -0.1) is 0 Å². The van der Waals surface area contributed by atoms with Gasteiger partial charge in [-0.2, -0.15) is 0 Å². The van der Waals surface area contributed by atoms with Gasteiger partial charge in [-0.1, -0.05) is 146 Å². The van der Waals surface area contributed by atoms with Gasteiger partial charge in [0.15, 0.2) is 0 Å². The lowest BCUT2D eigenvalue weighted by molar-refractivity contribution is 1.13. The van der Waals surface area contributed by atoms with E-state index in [4.69, 9.17) is 0 Å². The molecule has 8 aromatic carbocycles. The van der Waals surface area contributed by atoms with Crippen molar-refractivity contribution in [1.29, 1.82) is 0 Å². The van der Waals surface area contributed by atoms with Crippen LogP contribution in [0.2, 0.25) is 0 Å². The normalized spacial score (nSPS) is 11.6. The third kappa shape index (κ3) is 4.47. The van der Waals surface area contributed by atoms with Crippen LogP contribution in [0.25, 0.3) is 82.4 Å². The molecule has 1 nitrogen and oxygen atoms in total. The van der Waals surface area contributed by atoms with Gasteiger partial charge in [-0.25, -0.2) is 0 Å². The first-order valence-electron chi connectivity index (χ1n) is 16.5. The second kappa shape index (κ2) is 11.2. The summed E-state index contributed by atoms with van der Waals surface area (Å²) in [6, 6.07) is 62.4. The third-order valence-electron chi connectivity index (χ3n) is 9.75. The minimum atomic E-state index is 1.02. The van der Waals surface area contributed by atoms with E-state index >= 15 is 0 Å². The lowest BCUT2D eigenvalue weighted by Crippen LogP contribution is -1.95. The molecule has 0 unspecified atom stereocenters. The molecule has 0 aliphatic carbocycles. The lowest BCUT2D eigenvalue weighted by atomic mass is 9.85. The van der Waals surface area contributed by atoms with Crippen molar-refractivity contribution < 1.29 is 0 Å². The monoisotopic (exact) mass is 599 g/mol. The molecule has 0 N–H and O–H groups in total. The summed E-state index contributed by atoms with van der Waals surface area (Å²) in [4.78, 5) is 0. The summed E-state index contributed by atoms with van der Waals surface area (Å²) in [5, 5.41) is 7.65. The zero-order valence-corrected chi connectivity index (χ0v) is 26.3. The highest BCUT2D eigenvalue weighted by molar-refractivity contribution is 6.22. The van der Waals surface area contributed by atoms with E-state index in [1.54, 1.807) is 0 Å². The summed E-state index contributed by atoms with van der Waals surface area (Å²) < 4.78 is 2.43. The Hall–Kier alpha value is -5.92. The zero-order valence-electron chi connectivity index (χ0n) is 26.3. The van der Waals surface area contributed by atoms with E-state index in [1.807, 2.05) is 0 Å². The van der Waals surface area contributed by atoms with Crippen molar-refractivity contribution in [3.05, 3.63) is 175 Å². The molecule has 0 radical (unpaired) electrons. The maximum Gasteiger partial charge on any atom is 0.0543 e. The zero-order chi connectivity index (χ0) is 31.3. The van der Waals surface area contributed by atoms with Gasteiger partial charge in [0.2, 0.25) is 0 Å². The van der Waals surface area contributed by atoms with E-state index in [1.165, 1.54) is 88.0 Å². The number of fused-ring (bicyclic) bond motifs is 5. The number of benzene rings is 8. The molecule has 1 heterocycles. The van der Waals surface area contributed by atoms with Gasteiger partial charge in [0.05, 0.1) is 11.0 Å². The minimum Gasteiger partial charge on any atom is -0.309 e. The number of aromatic nitrogens is 1. The van der Waals surface area contributed by atoms with Gasteiger partial charge in [0.25, 0.3) is 0 Å². The van der Waals surface area contributed by atoms with Gasteiger partial charge >= 0.3 is 0 Å². The van der Waals surface area contributed by atoms with Crippen LogP contribution >= 0.6 is 0 Å². The highest BCUT2D eigenvalue weighted by Crippen LogP contribution is 2.45. The molecule has 0 bridgehead atoms. The molecule has 0 aliphatic heterocycles. The summed E-state index contributed by atoms with van der Waals surface area (Å²) in [5.74, 6) is 0. The largest absolute Gasteiger partial charge is 0.309 e. The first-order chi connectivity index (χ1) is 23.3. The molecule has 0 fully saturated rings. The Labute approximate surface area is 275 Å². The molecule has 0 saturated carbocycles. The van der Waals surface area contributed by atoms with Gasteiger partial charge in [0.1, 0.15) is 0 Å². The van der Waals surface area contributed by atoms with Crippen LogP contribution in [0.5, 0.6) is 0 Å². The quantitative estimate of drug-likeness (QED) is 0.173. The summed E-state index contributed by atoms with van der Waals surface area (Å²) >= 11 is 0. The fraction of sp³-hybridized carbons (Fsp3) is 0.0435. The predicted octanol–water partition coefficient (Wildman–Crippen LogP) is 12.7. The molecule has 9 aromatic rings. The summed E-state index contributed by atoms with van der Waals surface area (Å²) in [5.41, 5.74) is 12.5. The van der Waals surface area contributed by atoms with Crippen molar-refractivity contribution in [2.75, 3.05) is 0 Å².